The highest BCUT2D eigenvalue weighted by molar-refractivity contribution is 8.76. The SMILES string of the molecule is C=CCSSCC=C.CC(C)c1cccc(O)c1. The molecule has 0 spiro atoms. The van der Waals surface area contributed by atoms with Crippen molar-refractivity contribution in [3.63, 3.8) is 0 Å². The summed E-state index contributed by atoms with van der Waals surface area (Å²) in [6.07, 6.45) is 3.81. The lowest BCUT2D eigenvalue weighted by Crippen LogP contribution is -1.84. The molecular weight excluding hydrogens is 260 g/mol. The van der Waals surface area contributed by atoms with Gasteiger partial charge in [-0.05, 0) is 23.6 Å². The molecule has 0 radical (unpaired) electrons. The van der Waals surface area contributed by atoms with Crippen LogP contribution in [0.25, 0.3) is 0 Å². The van der Waals surface area contributed by atoms with E-state index in [2.05, 4.69) is 27.0 Å². The van der Waals surface area contributed by atoms with Gasteiger partial charge in [0.05, 0.1) is 0 Å². The Hall–Kier alpha value is -0.800. The molecular formula is C15H22OS2. The molecule has 0 aliphatic heterocycles. The first-order valence-electron chi connectivity index (χ1n) is 5.87. The van der Waals surface area contributed by atoms with E-state index in [1.54, 1.807) is 33.7 Å². The summed E-state index contributed by atoms with van der Waals surface area (Å²) in [5, 5.41) is 9.06. The van der Waals surface area contributed by atoms with Gasteiger partial charge in [-0.15, -0.1) is 13.2 Å². The molecule has 1 nitrogen and oxygen atoms in total. The van der Waals surface area contributed by atoms with Crippen LogP contribution in [0.15, 0.2) is 49.6 Å². The number of hydrogen-bond acceptors (Lipinski definition) is 3. The molecule has 100 valence electrons. The van der Waals surface area contributed by atoms with Crippen LogP contribution < -0.4 is 0 Å². The zero-order chi connectivity index (χ0) is 13.8. The van der Waals surface area contributed by atoms with Gasteiger partial charge >= 0.3 is 0 Å². The van der Waals surface area contributed by atoms with Crippen molar-refractivity contribution in [3.8, 4) is 5.75 Å². The predicted molar refractivity (Wildman–Crippen MR) is 87.5 cm³/mol. The molecule has 0 aromatic heterocycles. The molecule has 0 heterocycles. The fourth-order valence-electron chi connectivity index (χ4n) is 1.08. The van der Waals surface area contributed by atoms with Crippen molar-refractivity contribution < 1.29 is 5.11 Å². The highest BCUT2D eigenvalue weighted by Gasteiger charge is 1.97. The molecule has 3 heteroatoms. The van der Waals surface area contributed by atoms with E-state index in [1.165, 1.54) is 5.56 Å². The van der Waals surface area contributed by atoms with E-state index >= 15 is 0 Å². The Morgan fingerprint density at radius 2 is 1.72 bits per heavy atom. The topological polar surface area (TPSA) is 20.2 Å². The molecule has 0 aliphatic carbocycles. The van der Waals surface area contributed by atoms with E-state index in [9.17, 15) is 0 Å². The van der Waals surface area contributed by atoms with E-state index in [-0.39, 0.29) is 0 Å². The molecule has 0 unspecified atom stereocenters. The fourth-order valence-corrected chi connectivity index (χ4v) is 2.62. The molecule has 1 rings (SSSR count). The van der Waals surface area contributed by atoms with E-state index in [4.69, 9.17) is 5.11 Å². The smallest absolute Gasteiger partial charge is 0.115 e. The average molecular weight is 282 g/mol. The fraction of sp³-hybridized carbons (Fsp3) is 0.333. The Labute approximate surface area is 119 Å². The molecule has 0 fully saturated rings. The summed E-state index contributed by atoms with van der Waals surface area (Å²) in [6.45, 7) is 11.4. The van der Waals surface area contributed by atoms with Crippen molar-refractivity contribution in [3.05, 3.63) is 55.1 Å². The predicted octanol–water partition coefficient (Wildman–Crippen LogP) is 5.26. The third kappa shape index (κ3) is 9.25. The van der Waals surface area contributed by atoms with Gasteiger partial charge in [-0.25, -0.2) is 0 Å². The van der Waals surface area contributed by atoms with Crippen molar-refractivity contribution in [1.29, 1.82) is 0 Å². The molecule has 0 aliphatic rings. The largest absolute Gasteiger partial charge is 0.508 e. The van der Waals surface area contributed by atoms with Crippen LogP contribution in [0.4, 0.5) is 0 Å². The second-order valence-electron chi connectivity index (χ2n) is 3.90. The van der Waals surface area contributed by atoms with Crippen LogP contribution in [-0.2, 0) is 0 Å². The van der Waals surface area contributed by atoms with Crippen molar-refractivity contribution in [1.82, 2.24) is 0 Å². The Morgan fingerprint density at radius 1 is 1.17 bits per heavy atom. The maximum Gasteiger partial charge on any atom is 0.115 e. The zero-order valence-corrected chi connectivity index (χ0v) is 12.8. The number of benzene rings is 1. The summed E-state index contributed by atoms with van der Waals surface area (Å²) in [5.74, 6) is 2.90. The van der Waals surface area contributed by atoms with Gasteiger partial charge in [0, 0.05) is 11.5 Å². The molecule has 18 heavy (non-hydrogen) atoms. The first kappa shape index (κ1) is 17.2. The summed E-state index contributed by atoms with van der Waals surface area (Å²) < 4.78 is 0. The standard InChI is InChI=1S/C9H12O.C6H10S2/c1-7(2)8-4-3-5-9(10)6-8;1-3-5-7-8-6-4-2/h3-7,10H,1-2H3;3-4H,1-2,5-6H2. The number of hydrogen-bond donors (Lipinski definition) is 1. The van der Waals surface area contributed by atoms with E-state index in [1.807, 2.05) is 24.3 Å². The number of aromatic hydroxyl groups is 1. The van der Waals surface area contributed by atoms with Gasteiger partial charge in [0.15, 0.2) is 0 Å². The number of phenolic OH excluding ortho intramolecular Hbond substituents is 1. The van der Waals surface area contributed by atoms with Crippen molar-refractivity contribution in [2.24, 2.45) is 0 Å². The number of rotatable bonds is 6. The molecule has 1 N–H and O–H groups in total. The van der Waals surface area contributed by atoms with Gasteiger partial charge in [0.1, 0.15) is 5.75 Å². The van der Waals surface area contributed by atoms with E-state index < -0.39 is 0 Å². The second-order valence-corrected chi connectivity index (χ2v) is 6.45. The zero-order valence-electron chi connectivity index (χ0n) is 11.1. The van der Waals surface area contributed by atoms with Crippen LogP contribution in [0.3, 0.4) is 0 Å². The van der Waals surface area contributed by atoms with Crippen molar-refractivity contribution >= 4 is 21.6 Å². The van der Waals surface area contributed by atoms with Gasteiger partial charge in [-0.3, -0.25) is 0 Å². The number of phenols is 1. The molecule has 0 saturated heterocycles. The van der Waals surface area contributed by atoms with Crippen molar-refractivity contribution in [2.75, 3.05) is 11.5 Å². The lowest BCUT2D eigenvalue weighted by atomic mass is 10.0. The first-order valence-corrected chi connectivity index (χ1v) is 8.35. The highest BCUT2D eigenvalue weighted by atomic mass is 33.1. The Bertz CT molecular complexity index is 338. The van der Waals surface area contributed by atoms with Crippen molar-refractivity contribution in [2.45, 2.75) is 19.8 Å². The summed E-state index contributed by atoms with van der Waals surface area (Å²) in [4.78, 5) is 0. The second kappa shape index (κ2) is 11.3. The van der Waals surface area contributed by atoms with E-state index in [0.717, 1.165) is 11.5 Å². The quantitative estimate of drug-likeness (QED) is 0.437. The summed E-state index contributed by atoms with van der Waals surface area (Å²) in [7, 11) is 3.61. The lowest BCUT2D eigenvalue weighted by molar-refractivity contribution is 0.474. The Kier molecular flexibility index (Phi) is 10.8. The normalized spacial score (nSPS) is 9.50. The van der Waals surface area contributed by atoms with Gasteiger partial charge in [0.25, 0.3) is 0 Å². The van der Waals surface area contributed by atoms with Crippen LogP contribution in [-0.4, -0.2) is 16.6 Å². The van der Waals surface area contributed by atoms with Crippen LogP contribution in [0.2, 0.25) is 0 Å². The van der Waals surface area contributed by atoms with Crippen LogP contribution in [0, 0.1) is 0 Å². The summed E-state index contributed by atoms with van der Waals surface area (Å²) in [6, 6.07) is 7.37. The Balaban J connectivity index is 0.000000331. The van der Waals surface area contributed by atoms with Gasteiger partial charge in [0.2, 0.25) is 0 Å². The Morgan fingerprint density at radius 3 is 2.06 bits per heavy atom. The minimum Gasteiger partial charge on any atom is -0.508 e. The monoisotopic (exact) mass is 282 g/mol. The molecule has 1 aromatic carbocycles. The molecule has 0 amide bonds. The molecule has 1 aromatic rings. The molecule has 0 atom stereocenters. The van der Waals surface area contributed by atoms with Crippen LogP contribution >= 0.6 is 21.6 Å². The van der Waals surface area contributed by atoms with E-state index in [0.29, 0.717) is 11.7 Å². The molecule has 0 saturated carbocycles. The highest BCUT2D eigenvalue weighted by Crippen LogP contribution is 2.20. The lowest BCUT2D eigenvalue weighted by Gasteiger charge is -2.03. The first-order chi connectivity index (χ1) is 8.61. The minimum atomic E-state index is 0.353. The van der Waals surface area contributed by atoms with Crippen LogP contribution in [0.1, 0.15) is 25.3 Å². The van der Waals surface area contributed by atoms with Gasteiger partial charge in [-0.2, -0.15) is 0 Å². The minimum absolute atomic E-state index is 0.353. The van der Waals surface area contributed by atoms with Gasteiger partial charge < -0.3 is 5.11 Å². The van der Waals surface area contributed by atoms with Crippen LogP contribution in [0.5, 0.6) is 5.75 Å². The summed E-state index contributed by atoms with van der Waals surface area (Å²) in [5.41, 5.74) is 1.18. The maximum absolute atomic E-state index is 9.06. The summed E-state index contributed by atoms with van der Waals surface area (Å²) >= 11 is 0. The third-order valence-electron chi connectivity index (χ3n) is 1.99. The molecule has 0 bridgehead atoms. The van der Waals surface area contributed by atoms with Gasteiger partial charge in [-0.1, -0.05) is 59.7 Å². The average Bonchev–Trinajstić information content (AvgIpc) is 2.35. The third-order valence-corrected chi connectivity index (χ3v) is 4.22. The maximum atomic E-state index is 9.06.